The Labute approximate surface area is 194 Å². The fourth-order valence-corrected chi connectivity index (χ4v) is 9.20. The third-order valence-electron chi connectivity index (χ3n) is 11.2. The Kier molecular flexibility index (Phi) is 6.77. The quantitative estimate of drug-likeness (QED) is 0.478. The van der Waals surface area contributed by atoms with Crippen molar-refractivity contribution >= 4 is 5.97 Å². The summed E-state index contributed by atoms with van der Waals surface area (Å²) in [7, 11) is 0. The highest BCUT2D eigenvalue weighted by atomic mass is 16.4. The Hall–Kier alpha value is -0.650. The van der Waals surface area contributed by atoms with Gasteiger partial charge in [-0.1, -0.05) is 40.5 Å². The minimum Gasteiger partial charge on any atom is -0.481 e. The first-order valence-electron chi connectivity index (χ1n) is 13.3. The number of carboxylic acids is 1. The van der Waals surface area contributed by atoms with E-state index in [2.05, 4.69) is 20.8 Å². The van der Waals surface area contributed by atoms with Crippen molar-refractivity contribution in [2.24, 2.45) is 52.3 Å². The molecule has 0 aromatic carbocycles. The molecule has 0 saturated heterocycles. The number of aliphatic hydroxyl groups is 3. The maximum Gasteiger partial charge on any atom is 0.306 e. The molecule has 5 unspecified atom stereocenters. The van der Waals surface area contributed by atoms with Gasteiger partial charge in [0.05, 0.1) is 24.2 Å². The molecule has 4 rings (SSSR count). The summed E-state index contributed by atoms with van der Waals surface area (Å²) in [5, 5.41) is 42.4. The Balaban J connectivity index is 1.51. The molecule has 5 heteroatoms. The second-order valence-corrected chi connectivity index (χ2v) is 12.7. The standard InChI is InChI=1S/C27H46O5/c1-15(6-5-7-16(2)25(31)32)19-8-9-20-24-21(14-23(30)27(19,20)4)26(3)11-10-18(28)12-17(26)13-22(24)29/h15-24,28-30H,5-14H2,1-4H3,(H,31,32)/t15-,16?,17?,18?,19-,20+,21+,22?,23?,24+,26+,27-/m1/s1. The van der Waals surface area contributed by atoms with Crippen molar-refractivity contribution in [2.75, 3.05) is 0 Å². The monoisotopic (exact) mass is 450 g/mol. The van der Waals surface area contributed by atoms with E-state index in [9.17, 15) is 25.2 Å². The average Bonchev–Trinajstić information content (AvgIpc) is 3.08. The number of hydrogen-bond donors (Lipinski definition) is 4. The highest BCUT2D eigenvalue weighted by Gasteiger charge is 2.65. The number of hydrogen-bond acceptors (Lipinski definition) is 4. The zero-order chi connectivity index (χ0) is 23.4. The first kappa shape index (κ1) is 24.5. The molecule has 0 spiro atoms. The smallest absolute Gasteiger partial charge is 0.306 e. The molecule has 0 bridgehead atoms. The fraction of sp³-hybridized carbons (Fsp3) is 0.963. The van der Waals surface area contributed by atoms with Gasteiger partial charge in [-0.05, 0) is 97.7 Å². The van der Waals surface area contributed by atoms with Gasteiger partial charge in [-0.2, -0.15) is 0 Å². The fourth-order valence-electron chi connectivity index (χ4n) is 9.20. The van der Waals surface area contributed by atoms with E-state index >= 15 is 0 Å². The maximum atomic E-state index is 11.6. The van der Waals surface area contributed by atoms with Crippen molar-refractivity contribution in [3.63, 3.8) is 0 Å². The van der Waals surface area contributed by atoms with Crippen LogP contribution in [0.2, 0.25) is 0 Å². The summed E-state index contributed by atoms with van der Waals surface area (Å²) >= 11 is 0. The van der Waals surface area contributed by atoms with Gasteiger partial charge in [0.25, 0.3) is 0 Å². The minimum absolute atomic E-state index is 0.113. The van der Waals surface area contributed by atoms with Crippen molar-refractivity contribution in [3.05, 3.63) is 0 Å². The van der Waals surface area contributed by atoms with E-state index in [1.807, 2.05) is 0 Å². The van der Waals surface area contributed by atoms with Crippen LogP contribution in [-0.4, -0.2) is 44.7 Å². The molecular formula is C27H46O5. The summed E-state index contributed by atoms with van der Waals surface area (Å²) in [6.45, 7) is 8.74. The highest BCUT2D eigenvalue weighted by molar-refractivity contribution is 5.69. The van der Waals surface area contributed by atoms with Crippen LogP contribution in [0.4, 0.5) is 0 Å². The van der Waals surface area contributed by atoms with Gasteiger partial charge in [0, 0.05) is 0 Å². The van der Waals surface area contributed by atoms with Crippen LogP contribution in [0.5, 0.6) is 0 Å². The predicted molar refractivity (Wildman–Crippen MR) is 124 cm³/mol. The lowest BCUT2D eigenvalue weighted by Crippen LogP contribution is -2.62. The first-order chi connectivity index (χ1) is 15.0. The molecule has 0 heterocycles. The maximum absolute atomic E-state index is 11.6. The summed E-state index contributed by atoms with van der Waals surface area (Å²) in [5.41, 5.74) is -0.0561. The number of carbonyl (C=O) groups is 1. The molecule has 4 fully saturated rings. The van der Waals surface area contributed by atoms with Crippen LogP contribution >= 0.6 is 0 Å². The van der Waals surface area contributed by atoms with E-state index in [4.69, 9.17) is 0 Å². The zero-order valence-corrected chi connectivity index (χ0v) is 20.5. The van der Waals surface area contributed by atoms with E-state index in [1.54, 1.807) is 6.92 Å². The van der Waals surface area contributed by atoms with Gasteiger partial charge < -0.3 is 20.4 Å². The molecule has 184 valence electrons. The molecule has 4 N–H and O–H groups in total. The predicted octanol–water partition coefficient (Wildman–Crippen LogP) is 4.47. The Morgan fingerprint density at radius 2 is 1.69 bits per heavy atom. The SMILES string of the molecule is CC(CCC[C@@H](C)[C@H]1CC[C@H]2[C@@H]3C(O)CC4CC(O)CC[C@]4(C)[C@H]3CC(O)[C@]12C)C(=O)O. The molecular weight excluding hydrogens is 404 g/mol. The summed E-state index contributed by atoms with van der Waals surface area (Å²) in [5.74, 6) is 1.16. The molecule has 0 radical (unpaired) electrons. The van der Waals surface area contributed by atoms with Gasteiger partial charge in [0.2, 0.25) is 0 Å². The summed E-state index contributed by atoms with van der Waals surface area (Å²) in [4.78, 5) is 11.2. The molecule has 4 aliphatic rings. The van der Waals surface area contributed by atoms with Gasteiger partial charge in [-0.15, -0.1) is 0 Å². The Morgan fingerprint density at radius 3 is 2.38 bits per heavy atom. The van der Waals surface area contributed by atoms with E-state index < -0.39 is 5.97 Å². The van der Waals surface area contributed by atoms with Crippen molar-refractivity contribution in [3.8, 4) is 0 Å². The Morgan fingerprint density at radius 1 is 0.969 bits per heavy atom. The number of aliphatic carboxylic acids is 1. The zero-order valence-electron chi connectivity index (χ0n) is 20.5. The van der Waals surface area contributed by atoms with Crippen LogP contribution in [0.3, 0.4) is 0 Å². The molecule has 0 amide bonds. The van der Waals surface area contributed by atoms with E-state index in [1.165, 1.54) is 0 Å². The second-order valence-electron chi connectivity index (χ2n) is 12.7. The van der Waals surface area contributed by atoms with Crippen LogP contribution in [0.15, 0.2) is 0 Å². The van der Waals surface area contributed by atoms with Crippen LogP contribution in [0.1, 0.15) is 91.9 Å². The van der Waals surface area contributed by atoms with Crippen LogP contribution in [0.25, 0.3) is 0 Å². The van der Waals surface area contributed by atoms with Gasteiger partial charge in [-0.3, -0.25) is 4.79 Å². The summed E-state index contributed by atoms with van der Waals surface area (Å²) in [6, 6.07) is 0. The summed E-state index contributed by atoms with van der Waals surface area (Å²) < 4.78 is 0. The normalized spacial score (nSPS) is 50.1. The lowest BCUT2D eigenvalue weighted by molar-refractivity contribution is -0.207. The Bertz CT molecular complexity index is 696. The molecule has 4 saturated carbocycles. The van der Waals surface area contributed by atoms with Gasteiger partial charge in [0.1, 0.15) is 0 Å². The largest absolute Gasteiger partial charge is 0.481 e. The lowest BCUT2D eigenvalue weighted by atomic mass is 9.43. The van der Waals surface area contributed by atoms with E-state index in [-0.39, 0.29) is 41.0 Å². The molecule has 0 aliphatic heterocycles. The van der Waals surface area contributed by atoms with Crippen molar-refractivity contribution in [1.82, 2.24) is 0 Å². The third-order valence-corrected chi connectivity index (χ3v) is 11.2. The molecule has 4 aliphatic carbocycles. The van der Waals surface area contributed by atoms with Crippen LogP contribution in [-0.2, 0) is 4.79 Å². The van der Waals surface area contributed by atoms with Crippen LogP contribution < -0.4 is 0 Å². The lowest BCUT2D eigenvalue weighted by Gasteiger charge is -2.63. The van der Waals surface area contributed by atoms with E-state index in [0.29, 0.717) is 36.0 Å². The second kappa shape index (κ2) is 8.85. The number of aliphatic hydroxyl groups excluding tert-OH is 3. The van der Waals surface area contributed by atoms with Gasteiger partial charge in [0.15, 0.2) is 0 Å². The van der Waals surface area contributed by atoms with Crippen molar-refractivity contribution < 1.29 is 25.2 Å². The van der Waals surface area contributed by atoms with Crippen molar-refractivity contribution in [2.45, 2.75) is 110 Å². The molecule has 12 atom stereocenters. The molecule has 5 nitrogen and oxygen atoms in total. The minimum atomic E-state index is -0.715. The first-order valence-corrected chi connectivity index (χ1v) is 13.3. The molecule has 0 aromatic rings. The van der Waals surface area contributed by atoms with Gasteiger partial charge >= 0.3 is 5.97 Å². The topological polar surface area (TPSA) is 98.0 Å². The summed E-state index contributed by atoms with van der Waals surface area (Å²) in [6.07, 6.45) is 8.11. The molecule has 0 aromatic heterocycles. The van der Waals surface area contributed by atoms with Gasteiger partial charge in [-0.25, -0.2) is 0 Å². The number of rotatable bonds is 6. The number of fused-ring (bicyclic) bond motifs is 5. The van der Waals surface area contributed by atoms with Crippen LogP contribution in [0, 0.1) is 52.3 Å². The highest BCUT2D eigenvalue weighted by Crippen LogP contribution is 2.68. The average molecular weight is 451 g/mol. The third kappa shape index (κ3) is 3.84. The molecule has 32 heavy (non-hydrogen) atoms. The van der Waals surface area contributed by atoms with E-state index in [0.717, 1.165) is 57.8 Å². The number of carboxylic acid groups (broad SMARTS) is 1. The van der Waals surface area contributed by atoms with Crippen molar-refractivity contribution in [1.29, 1.82) is 0 Å².